The van der Waals surface area contributed by atoms with Crippen molar-refractivity contribution in [3.63, 3.8) is 0 Å². The van der Waals surface area contributed by atoms with Crippen molar-refractivity contribution in [1.29, 1.82) is 0 Å². The first-order valence-corrected chi connectivity index (χ1v) is 4.92. The Labute approximate surface area is 94.1 Å². The monoisotopic (exact) mass is 223 g/mol. The number of hydrogen-bond donors (Lipinski definition) is 1. The molecule has 0 saturated carbocycles. The molecule has 1 aromatic heterocycles. The third-order valence-electron chi connectivity index (χ3n) is 2.20. The summed E-state index contributed by atoms with van der Waals surface area (Å²) in [4.78, 5) is 17.6. The van der Waals surface area contributed by atoms with Crippen LogP contribution in [0.1, 0.15) is 17.4 Å². The molecule has 2 N–H and O–H groups in total. The number of amides is 1. The zero-order valence-corrected chi connectivity index (χ0v) is 9.49. The highest BCUT2D eigenvalue weighted by Gasteiger charge is 2.19. The molecule has 5 heteroatoms. The number of thiocarbonyl (C=S) groups is 1. The average Bonchev–Trinajstić information content (AvgIpc) is 2.27. The van der Waals surface area contributed by atoms with E-state index in [-0.39, 0.29) is 11.9 Å². The van der Waals surface area contributed by atoms with Crippen LogP contribution in [0.3, 0.4) is 0 Å². The van der Waals surface area contributed by atoms with Gasteiger partial charge in [-0.05, 0) is 19.1 Å². The summed E-state index contributed by atoms with van der Waals surface area (Å²) in [5, 5.41) is 0. The van der Waals surface area contributed by atoms with Crippen LogP contribution in [-0.2, 0) is 0 Å². The first-order valence-electron chi connectivity index (χ1n) is 4.51. The van der Waals surface area contributed by atoms with Crippen molar-refractivity contribution in [2.24, 2.45) is 5.73 Å². The molecule has 0 radical (unpaired) electrons. The van der Waals surface area contributed by atoms with E-state index in [0.29, 0.717) is 10.7 Å². The van der Waals surface area contributed by atoms with Crippen LogP contribution < -0.4 is 5.73 Å². The van der Waals surface area contributed by atoms with Crippen molar-refractivity contribution in [2.75, 3.05) is 7.05 Å². The van der Waals surface area contributed by atoms with Crippen molar-refractivity contribution in [1.82, 2.24) is 9.88 Å². The van der Waals surface area contributed by atoms with E-state index in [0.717, 1.165) is 0 Å². The molecule has 1 rings (SSSR count). The Balaban J connectivity index is 2.82. The minimum atomic E-state index is -0.269. The molecule has 0 fully saturated rings. The van der Waals surface area contributed by atoms with Gasteiger partial charge in [0, 0.05) is 13.2 Å². The lowest BCUT2D eigenvalue weighted by molar-refractivity contribution is 0.0773. The van der Waals surface area contributed by atoms with E-state index in [1.54, 1.807) is 38.4 Å². The van der Waals surface area contributed by atoms with E-state index in [2.05, 4.69) is 4.98 Å². The van der Waals surface area contributed by atoms with Crippen LogP contribution in [0.5, 0.6) is 0 Å². The lowest BCUT2D eigenvalue weighted by Crippen LogP contribution is -2.42. The first-order chi connectivity index (χ1) is 7.04. The third-order valence-corrected chi connectivity index (χ3v) is 2.54. The molecule has 1 aromatic rings. The van der Waals surface area contributed by atoms with Gasteiger partial charge in [0.05, 0.1) is 11.0 Å². The van der Waals surface area contributed by atoms with E-state index < -0.39 is 0 Å². The second-order valence-corrected chi connectivity index (χ2v) is 3.68. The minimum Gasteiger partial charge on any atom is -0.392 e. The molecule has 0 aliphatic rings. The summed E-state index contributed by atoms with van der Waals surface area (Å²) in [6.07, 6.45) is 1.58. The molecule has 0 aromatic carbocycles. The predicted octanol–water partition coefficient (Wildman–Crippen LogP) is 0.828. The summed E-state index contributed by atoms with van der Waals surface area (Å²) in [6.45, 7) is 1.78. The fourth-order valence-corrected chi connectivity index (χ4v) is 1.19. The first kappa shape index (κ1) is 11.6. The molecular weight excluding hydrogens is 210 g/mol. The van der Waals surface area contributed by atoms with Crippen LogP contribution in [-0.4, -0.2) is 33.9 Å². The van der Waals surface area contributed by atoms with Gasteiger partial charge in [-0.1, -0.05) is 18.3 Å². The summed E-state index contributed by atoms with van der Waals surface area (Å²) >= 11 is 4.83. The summed E-state index contributed by atoms with van der Waals surface area (Å²) in [5.74, 6) is -0.184. The number of carbonyl (C=O) groups excluding carboxylic acids is 1. The van der Waals surface area contributed by atoms with Crippen LogP contribution in [0.4, 0.5) is 0 Å². The highest BCUT2D eigenvalue weighted by Crippen LogP contribution is 2.03. The Bertz CT molecular complexity index is 366. The van der Waals surface area contributed by atoms with Crippen molar-refractivity contribution in [2.45, 2.75) is 13.0 Å². The van der Waals surface area contributed by atoms with Gasteiger partial charge in [0.2, 0.25) is 0 Å². The molecule has 80 valence electrons. The number of hydrogen-bond acceptors (Lipinski definition) is 3. The van der Waals surface area contributed by atoms with Crippen molar-refractivity contribution in [3.05, 3.63) is 30.1 Å². The molecule has 1 atom stereocenters. The molecule has 1 heterocycles. The predicted molar refractivity (Wildman–Crippen MR) is 62.6 cm³/mol. The Morgan fingerprint density at radius 3 is 2.73 bits per heavy atom. The van der Waals surface area contributed by atoms with Crippen molar-refractivity contribution >= 4 is 23.1 Å². The second-order valence-electron chi connectivity index (χ2n) is 3.21. The maximum atomic E-state index is 11.8. The number of rotatable bonds is 3. The Kier molecular flexibility index (Phi) is 3.74. The van der Waals surface area contributed by atoms with Gasteiger partial charge in [-0.3, -0.25) is 9.78 Å². The maximum Gasteiger partial charge on any atom is 0.272 e. The zero-order chi connectivity index (χ0) is 11.4. The number of likely N-dealkylation sites (N-methyl/N-ethyl adjacent to an activating group) is 1. The standard InChI is InChI=1S/C10H13N3OS/c1-7(9(11)15)13(2)10(14)8-5-3-4-6-12-8/h3-7H,1-2H3,(H2,11,15). The topological polar surface area (TPSA) is 59.2 Å². The summed E-state index contributed by atoms with van der Waals surface area (Å²) in [6, 6.07) is 4.91. The van der Waals surface area contributed by atoms with E-state index in [4.69, 9.17) is 18.0 Å². The molecule has 1 unspecified atom stereocenters. The normalized spacial score (nSPS) is 11.9. The molecular formula is C10H13N3OS. The van der Waals surface area contributed by atoms with Gasteiger partial charge in [-0.25, -0.2) is 0 Å². The molecule has 15 heavy (non-hydrogen) atoms. The number of pyridine rings is 1. The summed E-state index contributed by atoms with van der Waals surface area (Å²) < 4.78 is 0. The summed E-state index contributed by atoms with van der Waals surface area (Å²) in [5.41, 5.74) is 5.86. The fraction of sp³-hybridized carbons (Fsp3) is 0.300. The van der Waals surface area contributed by atoms with Gasteiger partial charge in [-0.2, -0.15) is 0 Å². The smallest absolute Gasteiger partial charge is 0.272 e. The molecule has 0 saturated heterocycles. The molecule has 0 aliphatic heterocycles. The number of nitrogens with zero attached hydrogens (tertiary/aromatic N) is 2. The largest absolute Gasteiger partial charge is 0.392 e. The molecule has 1 amide bonds. The van der Waals surface area contributed by atoms with Gasteiger partial charge >= 0.3 is 0 Å². The number of carbonyl (C=O) groups is 1. The average molecular weight is 223 g/mol. The Morgan fingerprint density at radius 1 is 1.60 bits per heavy atom. The van der Waals surface area contributed by atoms with Gasteiger partial charge in [-0.15, -0.1) is 0 Å². The molecule has 0 bridgehead atoms. The SMILES string of the molecule is CC(C(N)=S)N(C)C(=O)c1ccccn1. The highest BCUT2D eigenvalue weighted by atomic mass is 32.1. The lowest BCUT2D eigenvalue weighted by atomic mass is 10.2. The Morgan fingerprint density at radius 2 is 2.27 bits per heavy atom. The van der Waals surface area contributed by atoms with Gasteiger partial charge in [0.15, 0.2) is 0 Å². The second kappa shape index (κ2) is 4.84. The number of aromatic nitrogens is 1. The van der Waals surface area contributed by atoms with Crippen LogP contribution in [0.25, 0.3) is 0 Å². The summed E-state index contributed by atoms with van der Waals surface area (Å²) in [7, 11) is 1.65. The van der Waals surface area contributed by atoms with E-state index in [1.165, 1.54) is 4.90 Å². The van der Waals surface area contributed by atoms with Crippen LogP contribution in [0.2, 0.25) is 0 Å². The minimum absolute atomic E-state index is 0.184. The lowest BCUT2D eigenvalue weighted by Gasteiger charge is -2.23. The third kappa shape index (κ3) is 2.73. The van der Waals surface area contributed by atoms with Crippen LogP contribution in [0.15, 0.2) is 24.4 Å². The van der Waals surface area contributed by atoms with E-state index in [1.807, 2.05) is 0 Å². The van der Waals surface area contributed by atoms with Crippen LogP contribution in [0, 0.1) is 0 Å². The number of nitrogens with two attached hydrogens (primary N) is 1. The quantitative estimate of drug-likeness (QED) is 0.771. The van der Waals surface area contributed by atoms with Crippen LogP contribution >= 0.6 is 12.2 Å². The maximum absolute atomic E-state index is 11.8. The van der Waals surface area contributed by atoms with Crippen molar-refractivity contribution in [3.8, 4) is 0 Å². The zero-order valence-electron chi connectivity index (χ0n) is 8.68. The van der Waals surface area contributed by atoms with Gasteiger partial charge < -0.3 is 10.6 Å². The molecule has 4 nitrogen and oxygen atoms in total. The van der Waals surface area contributed by atoms with Gasteiger partial charge in [0.25, 0.3) is 5.91 Å². The van der Waals surface area contributed by atoms with Gasteiger partial charge in [0.1, 0.15) is 5.69 Å². The Hall–Kier alpha value is -1.49. The highest BCUT2D eigenvalue weighted by molar-refractivity contribution is 7.80. The molecule has 0 aliphatic carbocycles. The van der Waals surface area contributed by atoms with E-state index in [9.17, 15) is 4.79 Å². The van der Waals surface area contributed by atoms with Crippen molar-refractivity contribution < 1.29 is 4.79 Å². The molecule has 0 spiro atoms. The fourth-order valence-electron chi connectivity index (χ4n) is 1.04. The van der Waals surface area contributed by atoms with E-state index >= 15 is 0 Å².